The number of carbonyl (C=O) groups is 2. The topological polar surface area (TPSA) is 81.4 Å². The lowest BCUT2D eigenvalue weighted by Crippen LogP contribution is -2.39. The van der Waals surface area contributed by atoms with Crippen LogP contribution < -0.4 is 0 Å². The van der Waals surface area contributed by atoms with Gasteiger partial charge in [0.25, 0.3) is 0 Å². The molecule has 1 unspecified atom stereocenters. The largest absolute Gasteiger partial charge is 0.480 e. The Hall–Kier alpha value is -1.57. The van der Waals surface area contributed by atoms with Crippen molar-refractivity contribution in [1.29, 1.82) is 5.26 Å². The molecule has 0 aromatic heterocycles. The molecule has 0 saturated carbocycles. The summed E-state index contributed by atoms with van der Waals surface area (Å²) in [5, 5.41) is 17.2. The van der Waals surface area contributed by atoms with E-state index in [2.05, 4.69) is 0 Å². The first-order valence-electron chi connectivity index (χ1n) is 5.06. The first kappa shape index (κ1) is 11.5. The maximum absolute atomic E-state index is 11.4. The van der Waals surface area contributed by atoms with E-state index < -0.39 is 12.0 Å². The van der Waals surface area contributed by atoms with Crippen LogP contribution >= 0.6 is 0 Å². The van der Waals surface area contributed by atoms with Crippen molar-refractivity contribution in [2.45, 2.75) is 38.1 Å². The van der Waals surface area contributed by atoms with Crippen molar-refractivity contribution in [2.24, 2.45) is 0 Å². The first-order chi connectivity index (χ1) is 7.16. The molecule has 15 heavy (non-hydrogen) atoms. The Bertz CT molecular complexity index is 296. The smallest absolute Gasteiger partial charge is 0.326 e. The van der Waals surface area contributed by atoms with E-state index in [0.29, 0.717) is 38.6 Å². The number of nitriles is 1. The van der Waals surface area contributed by atoms with Crippen molar-refractivity contribution in [3.63, 3.8) is 0 Å². The molecule has 0 bridgehead atoms. The van der Waals surface area contributed by atoms with Gasteiger partial charge in [-0.1, -0.05) is 0 Å². The van der Waals surface area contributed by atoms with Crippen molar-refractivity contribution in [3.8, 4) is 6.07 Å². The minimum absolute atomic E-state index is 0.0839. The molecule has 0 radical (unpaired) electrons. The van der Waals surface area contributed by atoms with Crippen molar-refractivity contribution >= 4 is 11.9 Å². The minimum atomic E-state index is -0.930. The zero-order valence-electron chi connectivity index (χ0n) is 8.48. The molecular weight excluding hydrogens is 196 g/mol. The minimum Gasteiger partial charge on any atom is -0.480 e. The summed E-state index contributed by atoms with van der Waals surface area (Å²) >= 11 is 0. The van der Waals surface area contributed by atoms with Crippen LogP contribution in [-0.2, 0) is 9.59 Å². The van der Waals surface area contributed by atoms with Gasteiger partial charge in [0, 0.05) is 19.4 Å². The highest BCUT2D eigenvalue weighted by molar-refractivity contribution is 5.87. The third kappa shape index (κ3) is 2.94. The molecule has 1 aliphatic rings. The highest BCUT2D eigenvalue weighted by Crippen LogP contribution is 2.19. The van der Waals surface area contributed by atoms with Crippen molar-refractivity contribution in [2.75, 3.05) is 6.54 Å². The molecular formula is C10H14N2O3. The van der Waals surface area contributed by atoms with E-state index in [1.54, 1.807) is 0 Å². The SMILES string of the molecule is N#CCCCCN1C(=O)CCC1C(=O)O. The molecule has 0 aromatic carbocycles. The van der Waals surface area contributed by atoms with Crippen LogP contribution in [0.3, 0.4) is 0 Å². The third-order valence-electron chi connectivity index (χ3n) is 2.55. The Kier molecular flexibility index (Phi) is 4.10. The van der Waals surface area contributed by atoms with Gasteiger partial charge in [-0.25, -0.2) is 4.79 Å². The molecule has 82 valence electrons. The maximum atomic E-state index is 11.4. The molecule has 1 saturated heterocycles. The molecule has 5 nitrogen and oxygen atoms in total. The number of carbonyl (C=O) groups excluding carboxylic acids is 1. The summed E-state index contributed by atoms with van der Waals surface area (Å²) in [6, 6.07) is 1.37. The average molecular weight is 210 g/mol. The van der Waals surface area contributed by atoms with Gasteiger partial charge in [-0.3, -0.25) is 4.79 Å². The molecule has 1 heterocycles. The van der Waals surface area contributed by atoms with Crippen LogP contribution in [0.2, 0.25) is 0 Å². The Morgan fingerprint density at radius 2 is 2.33 bits per heavy atom. The Balaban J connectivity index is 2.40. The van der Waals surface area contributed by atoms with E-state index in [1.165, 1.54) is 4.90 Å². The summed E-state index contributed by atoms with van der Waals surface area (Å²) < 4.78 is 0. The normalized spacial score (nSPS) is 20.3. The van der Waals surface area contributed by atoms with Gasteiger partial charge >= 0.3 is 5.97 Å². The molecule has 0 aromatic rings. The van der Waals surface area contributed by atoms with Gasteiger partial charge in [0.05, 0.1) is 6.07 Å². The molecule has 1 N–H and O–H groups in total. The predicted octanol–water partition coefficient (Wildman–Crippen LogP) is 0.756. The molecule has 1 fully saturated rings. The van der Waals surface area contributed by atoms with Crippen LogP contribution in [-0.4, -0.2) is 34.5 Å². The van der Waals surface area contributed by atoms with Gasteiger partial charge < -0.3 is 10.0 Å². The second-order valence-electron chi connectivity index (χ2n) is 3.60. The molecule has 1 atom stereocenters. The van der Waals surface area contributed by atoms with Crippen LogP contribution in [0.1, 0.15) is 32.1 Å². The van der Waals surface area contributed by atoms with Crippen LogP contribution in [0.25, 0.3) is 0 Å². The molecule has 0 spiro atoms. The van der Waals surface area contributed by atoms with Crippen molar-refractivity contribution in [1.82, 2.24) is 4.90 Å². The Morgan fingerprint density at radius 3 is 2.93 bits per heavy atom. The molecule has 1 aliphatic heterocycles. The number of aliphatic carboxylic acids is 1. The summed E-state index contributed by atoms with van der Waals surface area (Å²) in [7, 11) is 0. The summed E-state index contributed by atoms with van der Waals surface area (Å²) in [6.07, 6.45) is 2.61. The van der Waals surface area contributed by atoms with Crippen LogP contribution in [0, 0.1) is 11.3 Å². The zero-order valence-corrected chi connectivity index (χ0v) is 8.48. The fourth-order valence-corrected chi connectivity index (χ4v) is 1.76. The number of carboxylic acid groups (broad SMARTS) is 1. The third-order valence-corrected chi connectivity index (χ3v) is 2.55. The summed E-state index contributed by atoms with van der Waals surface area (Å²) in [6.45, 7) is 0.456. The van der Waals surface area contributed by atoms with E-state index >= 15 is 0 Å². The fourth-order valence-electron chi connectivity index (χ4n) is 1.76. The highest BCUT2D eigenvalue weighted by atomic mass is 16.4. The van der Waals surface area contributed by atoms with E-state index in [1.807, 2.05) is 6.07 Å². The number of nitrogens with zero attached hydrogens (tertiary/aromatic N) is 2. The van der Waals surface area contributed by atoms with Gasteiger partial charge in [0.15, 0.2) is 0 Å². The van der Waals surface area contributed by atoms with Crippen LogP contribution in [0.15, 0.2) is 0 Å². The van der Waals surface area contributed by atoms with Gasteiger partial charge in [-0.2, -0.15) is 5.26 Å². The second-order valence-corrected chi connectivity index (χ2v) is 3.60. The predicted molar refractivity (Wildman–Crippen MR) is 51.8 cm³/mol. The number of carboxylic acids is 1. The lowest BCUT2D eigenvalue weighted by molar-refractivity contribution is -0.146. The van der Waals surface area contributed by atoms with Crippen LogP contribution in [0.5, 0.6) is 0 Å². The van der Waals surface area contributed by atoms with Gasteiger partial charge in [0.1, 0.15) is 6.04 Å². The number of rotatable bonds is 5. The number of unbranched alkanes of at least 4 members (excludes halogenated alkanes) is 2. The van der Waals surface area contributed by atoms with E-state index in [-0.39, 0.29) is 5.91 Å². The zero-order chi connectivity index (χ0) is 11.3. The van der Waals surface area contributed by atoms with E-state index in [0.717, 1.165) is 0 Å². The summed E-state index contributed by atoms with van der Waals surface area (Å²) in [5.74, 6) is -1.01. The Morgan fingerprint density at radius 1 is 1.60 bits per heavy atom. The molecule has 5 heteroatoms. The van der Waals surface area contributed by atoms with E-state index in [4.69, 9.17) is 10.4 Å². The van der Waals surface area contributed by atoms with Crippen LogP contribution in [0.4, 0.5) is 0 Å². The van der Waals surface area contributed by atoms with Crippen molar-refractivity contribution < 1.29 is 14.7 Å². The second kappa shape index (κ2) is 5.35. The number of hydrogen-bond donors (Lipinski definition) is 1. The maximum Gasteiger partial charge on any atom is 0.326 e. The van der Waals surface area contributed by atoms with Gasteiger partial charge in [0.2, 0.25) is 5.91 Å². The quantitative estimate of drug-likeness (QED) is 0.679. The number of hydrogen-bond acceptors (Lipinski definition) is 3. The van der Waals surface area contributed by atoms with Gasteiger partial charge in [-0.15, -0.1) is 0 Å². The fraction of sp³-hybridized carbons (Fsp3) is 0.700. The number of amides is 1. The Labute approximate surface area is 88.3 Å². The van der Waals surface area contributed by atoms with Crippen molar-refractivity contribution in [3.05, 3.63) is 0 Å². The highest BCUT2D eigenvalue weighted by Gasteiger charge is 2.35. The average Bonchev–Trinajstić information content (AvgIpc) is 2.55. The lowest BCUT2D eigenvalue weighted by Gasteiger charge is -2.21. The van der Waals surface area contributed by atoms with E-state index in [9.17, 15) is 9.59 Å². The summed E-state index contributed by atoms with van der Waals surface area (Å²) in [4.78, 5) is 23.6. The molecule has 1 rings (SSSR count). The molecule has 1 amide bonds. The molecule has 0 aliphatic carbocycles. The summed E-state index contributed by atoms with van der Waals surface area (Å²) in [5.41, 5.74) is 0. The monoisotopic (exact) mass is 210 g/mol. The lowest BCUT2D eigenvalue weighted by atomic mass is 10.2. The first-order valence-corrected chi connectivity index (χ1v) is 5.06. The standard InChI is InChI=1S/C10H14N2O3/c11-6-2-1-3-7-12-8(10(14)15)4-5-9(12)13/h8H,1-5,7H2,(H,14,15). The number of likely N-dealkylation sites (tertiary alicyclic amines) is 1. The van der Waals surface area contributed by atoms with Gasteiger partial charge in [-0.05, 0) is 19.3 Å².